The molecule has 0 N–H and O–H groups in total. The molecule has 2 saturated heterocycles. The number of hydrogen-bond acceptors (Lipinski definition) is 8. The Bertz CT molecular complexity index is 2090. The summed E-state index contributed by atoms with van der Waals surface area (Å²) in [4.78, 5) is 47.1. The van der Waals surface area contributed by atoms with Crippen LogP contribution in [-0.4, -0.2) is 85.9 Å². The molecule has 2 heterocycles. The van der Waals surface area contributed by atoms with Gasteiger partial charge in [-0.1, -0.05) is 78.8 Å². The van der Waals surface area contributed by atoms with Crippen molar-refractivity contribution >= 4 is 27.7 Å². The number of nitrogens with zero attached hydrogens (tertiary/aromatic N) is 2. The Morgan fingerprint density at radius 1 is 0.719 bits per heavy atom. The lowest BCUT2D eigenvalue weighted by atomic mass is 9.32. The Balaban J connectivity index is 0.836. The van der Waals surface area contributed by atoms with Crippen LogP contribution in [0.3, 0.4) is 0 Å². The lowest BCUT2D eigenvalue weighted by Crippen LogP contribution is -2.68. The van der Waals surface area contributed by atoms with Gasteiger partial charge in [-0.15, -0.1) is 0 Å². The van der Waals surface area contributed by atoms with Gasteiger partial charge in [0, 0.05) is 37.6 Å². The first kappa shape index (κ1) is 45.3. The highest BCUT2D eigenvalue weighted by molar-refractivity contribution is 7.91. The summed E-state index contributed by atoms with van der Waals surface area (Å²) < 4.78 is 36.8. The van der Waals surface area contributed by atoms with Crippen molar-refractivity contribution in [3.05, 3.63) is 35.9 Å². The number of amides is 1. The van der Waals surface area contributed by atoms with E-state index in [-0.39, 0.29) is 87.0 Å². The molecule has 0 radical (unpaired) electrons. The molecule has 0 spiro atoms. The highest BCUT2D eigenvalue weighted by Gasteiger charge is 2.74. The van der Waals surface area contributed by atoms with E-state index in [1.165, 1.54) is 38.5 Å². The predicted octanol–water partition coefficient (Wildman–Crippen LogP) is 9.52. The molecule has 1 aromatic carbocycles. The van der Waals surface area contributed by atoms with Crippen LogP contribution in [0.15, 0.2) is 30.3 Å². The van der Waals surface area contributed by atoms with E-state index in [9.17, 15) is 18.0 Å². The third kappa shape index (κ3) is 7.02. The van der Waals surface area contributed by atoms with Crippen molar-refractivity contribution in [2.24, 2.45) is 79.8 Å². The molecule has 9 nitrogen and oxygen atoms in total. The van der Waals surface area contributed by atoms with E-state index in [4.69, 9.17) is 9.47 Å². The molecule has 0 aromatic heterocycles. The zero-order chi connectivity index (χ0) is 45.2. The summed E-state index contributed by atoms with van der Waals surface area (Å²) in [6.07, 6.45) is 16.1. The number of esters is 2. The third-order valence-corrected chi connectivity index (χ3v) is 23.8. The maximum atomic E-state index is 15.6. The van der Waals surface area contributed by atoms with Gasteiger partial charge in [0.2, 0.25) is 5.91 Å². The second-order valence-electron chi connectivity index (χ2n) is 25.1. The Labute approximate surface area is 385 Å². The van der Waals surface area contributed by atoms with Gasteiger partial charge in [-0.3, -0.25) is 19.3 Å². The third-order valence-electron chi connectivity index (χ3n) is 22.1. The van der Waals surface area contributed by atoms with Gasteiger partial charge < -0.3 is 14.4 Å². The molecule has 14 atom stereocenters. The molecule has 1 aromatic rings. The molecule has 0 bridgehead atoms. The van der Waals surface area contributed by atoms with E-state index in [0.29, 0.717) is 60.4 Å². The summed E-state index contributed by atoms with van der Waals surface area (Å²) in [6.45, 7) is 20.4. The Morgan fingerprint density at radius 2 is 1.44 bits per heavy atom. The van der Waals surface area contributed by atoms with Crippen LogP contribution in [0.4, 0.5) is 0 Å². The van der Waals surface area contributed by atoms with Gasteiger partial charge in [0.25, 0.3) is 0 Å². The van der Waals surface area contributed by atoms with Gasteiger partial charge in [0.15, 0.2) is 9.84 Å². The Kier molecular flexibility index (Phi) is 11.2. The van der Waals surface area contributed by atoms with E-state index in [1.54, 1.807) is 0 Å². The monoisotopic (exact) mass is 901 g/mol. The van der Waals surface area contributed by atoms with Crippen LogP contribution in [-0.2, 0) is 40.3 Å². The van der Waals surface area contributed by atoms with Crippen LogP contribution in [0.25, 0.3) is 0 Å². The van der Waals surface area contributed by atoms with Crippen molar-refractivity contribution in [1.82, 2.24) is 9.80 Å². The van der Waals surface area contributed by atoms with Crippen molar-refractivity contribution < 1.29 is 32.3 Å². The number of fused-ring (bicyclic) bond motifs is 7. The first-order chi connectivity index (χ1) is 30.3. The summed E-state index contributed by atoms with van der Waals surface area (Å²) >= 11 is 0. The summed E-state index contributed by atoms with van der Waals surface area (Å²) in [5.74, 6) is 2.59. The smallest absolute Gasteiger partial charge is 0.309 e. The van der Waals surface area contributed by atoms with Gasteiger partial charge in [-0.05, 0) is 159 Å². The van der Waals surface area contributed by atoms with Crippen LogP contribution >= 0.6 is 0 Å². The van der Waals surface area contributed by atoms with Crippen molar-refractivity contribution in [1.29, 1.82) is 0 Å². The van der Waals surface area contributed by atoms with Crippen LogP contribution in [0.5, 0.6) is 0 Å². The van der Waals surface area contributed by atoms with Gasteiger partial charge in [0.05, 0.1) is 28.8 Å². The van der Waals surface area contributed by atoms with E-state index < -0.39 is 9.84 Å². The van der Waals surface area contributed by atoms with E-state index in [1.807, 2.05) is 37.3 Å². The highest BCUT2D eigenvalue weighted by Crippen LogP contribution is 2.79. The molecule has 7 saturated carbocycles. The summed E-state index contributed by atoms with van der Waals surface area (Å²) in [6, 6.07) is 9.95. The molecule has 10 heteroatoms. The second-order valence-corrected chi connectivity index (χ2v) is 27.4. The topological polar surface area (TPSA) is 110 Å². The normalized spacial score (nSPS) is 45.1. The van der Waals surface area contributed by atoms with Gasteiger partial charge >= 0.3 is 11.9 Å². The van der Waals surface area contributed by atoms with Crippen LogP contribution in [0.2, 0.25) is 0 Å². The van der Waals surface area contributed by atoms with Gasteiger partial charge in [-0.25, -0.2) is 8.42 Å². The zero-order valence-corrected chi connectivity index (χ0v) is 41.2. The average Bonchev–Trinajstić information content (AvgIpc) is 3.62. The molecule has 7 aliphatic carbocycles. The molecule has 354 valence electrons. The molecule has 0 unspecified atom stereocenters. The average molecular weight is 901 g/mol. The molecule has 10 rings (SSSR count). The molecular formula is C54H80N2O7S. The predicted molar refractivity (Wildman–Crippen MR) is 248 cm³/mol. The number of benzene rings is 1. The van der Waals surface area contributed by atoms with Crippen molar-refractivity contribution in [3.63, 3.8) is 0 Å². The summed E-state index contributed by atoms with van der Waals surface area (Å²) in [5, 5.41) is 0. The standard InChI is InChI=1S/C54H80N2O7S/c1-35-38(46(57)62-34-36-12-9-8-10-13-36)32-39(35)47(58)63-44-19-20-51(5)42(49(44,2)3)18-21-53(7)43(51)16-15-41-45-40(50(4)23-24-50)17-22-54(45,26-25-52(41,53)6)48(59)56-27-11-14-37(56)33-55-28-30-64(60,61)31-29-55/h8-10,12-13,35,37-45H,11,14-34H2,1-7H3/t35-,37-,38+,39-,40+,41+,42-,43+,44-,45+,51-,52+,53+,54-/m0/s1. The number of likely N-dealkylation sites (tertiary alicyclic amines) is 1. The molecule has 9 fully saturated rings. The number of carbonyl (C=O) groups is 3. The molecular weight excluding hydrogens is 821 g/mol. The molecule has 9 aliphatic rings. The fourth-order valence-corrected chi connectivity index (χ4v) is 19.1. The minimum absolute atomic E-state index is 0.0925. The molecule has 64 heavy (non-hydrogen) atoms. The minimum atomic E-state index is -2.94. The van der Waals surface area contributed by atoms with Crippen molar-refractivity contribution in [3.8, 4) is 0 Å². The van der Waals surface area contributed by atoms with Crippen LogP contribution in [0, 0.1) is 79.8 Å². The van der Waals surface area contributed by atoms with Gasteiger partial charge in [-0.2, -0.15) is 0 Å². The summed E-state index contributed by atoms with van der Waals surface area (Å²) in [7, 11) is -2.94. The van der Waals surface area contributed by atoms with E-state index in [0.717, 1.165) is 70.0 Å². The number of carbonyl (C=O) groups excluding carboxylic acids is 3. The quantitative estimate of drug-likeness (QED) is 0.226. The maximum absolute atomic E-state index is 15.6. The SMILES string of the molecule is C[C@@H]1[C@@H](C(=O)O[C@H]2CC[C@]3(C)[C@H]4CC[C@@H]5[C@H]6[C@H](C7(C)CC7)CC[C@]6(C(=O)N6CCC[C@H]6CN6CCS(=O)(=O)CC6)CC[C@@]5(C)[C@]4(C)CC[C@H]3C2(C)C)C[C@H]1C(=O)OCc1ccccc1. The van der Waals surface area contributed by atoms with E-state index >= 15 is 4.79 Å². The largest absolute Gasteiger partial charge is 0.462 e. The molecule has 2 aliphatic heterocycles. The Morgan fingerprint density at radius 3 is 2.14 bits per heavy atom. The summed E-state index contributed by atoms with van der Waals surface area (Å²) in [5.41, 5.74) is 1.36. The first-order valence-corrected chi connectivity index (χ1v) is 27.7. The minimum Gasteiger partial charge on any atom is -0.462 e. The zero-order valence-electron chi connectivity index (χ0n) is 40.4. The van der Waals surface area contributed by atoms with Gasteiger partial charge in [0.1, 0.15) is 12.7 Å². The number of hydrogen-bond donors (Lipinski definition) is 0. The lowest BCUT2D eigenvalue weighted by Gasteiger charge is -2.73. The van der Waals surface area contributed by atoms with Crippen molar-refractivity contribution in [2.45, 2.75) is 164 Å². The highest BCUT2D eigenvalue weighted by atomic mass is 32.2. The lowest BCUT2D eigenvalue weighted by molar-refractivity contribution is -0.252. The molecule has 1 amide bonds. The fourth-order valence-electron chi connectivity index (χ4n) is 17.8. The number of rotatable bonds is 9. The van der Waals surface area contributed by atoms with Crippen LogP contribution in [0.1, 0.15) is 150 Å². The second kappa shape index (κ2) is 15.8. The number of ether oxygens (including phenoxy) is 2. The Hall–Kier alpha value is -2.46. The van der Waals surface area contributed by atoms with Crippen molar-refractivity contribution in [2.75, 3.05) is 37.7 Å². The maximum Gasteiger partial charge on any atom is 0.309 e. The van der Waals surface area contributed by atoms with Crippen LogP contribution < -0.4 is 0 Å². The fraction of sp³-hybridized carbons (Fsp3) is 0.833. The number of sulfone groups is 1. The van der Waals surface area contributed by atoms with E-state index in [2.05, 4.69) is 51.3 Å². The first-order valence-electron chi connectivity index (χ1n) is 25.9.